The molecule has 2 saturated heterocycles. The molecule has 2 aliphatic carbocycles. The van der Waals surface area contributed by atoms with Crippen molar-refractivity contribution in [2.24, 2.45) is 34.6 Å². The number of carbonyl (C=O) groups is 5. The highest BCUT2D eigenvalue weighted by molar-refractivity contribution is 6.34. The number of amides is 2. The number of phenols is 1. The Balaban J connectivity index is 1.09. The van der Waals surface area contributed by atoms with Crippen molar-refractivity contribution in [3.8, 4) is 11.5 Å². The van der Waals surface area contributed by atoms with Crippen molar-refractivity contribution < 1.29 is 53.5 Å². The zero-order valence-corrected chi connectivity index (χ0v) is 44.3. The zero-order valence-electron chi connectivity index (χ0n) is 44.3. The number of hydrogen-bond donors (Lipinski definition) is 5. The number of ketones is 2. The van der Waals surface area contributed by atoms with Gasteiger partial charge in [0.25, 0.3) is 11.7 Å². The second-order valence-corrected chi connectivity index (χ2v) is 22.5. The minimum atomic E-state index is -1.95. The van der Waals surface area contributed by atoms with Crippen LogP contribution >= 0.6 is 0 Å². The molecule has 73 heavy (non-hydrogen) atoms. The lowest BCUT2D eigenvalue weighted by molar-refractivity contribution is -0.162. The van der Waals surface area contributed by atoms with Crippen molar-refractivity contribution in [1.29, 1.82) is 0 Å². The van der Waals surface area contributed by atoms with Gasteiger partial charge in [0.15, 0.2) is 0 Å². The van der Waals surface area contributed by atoms with E-state index in [4.69, 9.17) is 19.2 Å². The van der Waals surface area contributed by atoms with Crippen LogP contribution in [0.15, 0.2) is 52.5 Å². The summed E-state index contributed by atoms with van der Waals surface area (Å²) in [6.07, 6.45) is 11.7. The Labute approximate surface area is 430 Å². The number of aliphatic hydroxyl groups is 2. The fourth-order valence-corrected chi connectivity index (χ4v) is 12.0. The summed E-state index contributed by atoms with van der Waals surface area (Å²) in [6, 6.07) is 0.543. The van der Waals surface area contributed by atoms with Crippen LogP contribution in [0.1, 0.15) is 145 Å². The van der Waals surface area contributed by atoms with E-state index in [0.717, 1.165) is 19.6 Å². The molecule has 1 aromatic rings. The van der Waals surface area contributed by atoms with Gasteiger partial charge in [-0.05, 0) is 51.0 Å². The summed E-state index contributed by atoms with van der Waals surface area (Å²) in [5.74, 6) is -7.22. The molecule has 2 amide bonds. The van der Waals surface area contributed by atoms with Crippen LogP contribution in [0.25, 0.3) is 0 Å². The summed E-state index contributed by atoms with van der Waals surface area (Å²) in [5, 5.41) is 41.7. The molecule has 1 spiro atoms. The number of nitrogens with zero attached hydrogens (tertiary/aromatic N) is 4. The summed E-state index contributed by atoms with van der Waals surface area (Å²) in [5.41, 5.74) is -0.177. The molecule has 398 valence electrons. The van der Waals surface area contributed by atoms with Gasteiger partial charge in [-0.3, -0.25) is 33.9 Å². The van der Waals surface area contributed by atoms with Gasteiger partial charge in [0.1, 0.15) is 35.4 Å². The lowest BCUT2D eigenvalue weighted by atomic mass is 9.79. The van der Waals surface area contributed by atoms with Crippen molar-refractivity contribution in [3.05, 3.63) is 69.8 Å². The van der Waals surface area contributed by atoms with Crippen molar-refractivity contribution in [1.82, 2.24) is 25.3 Å². The Morgan fingerprint density at radius 3 is 2.26 bits per heavy atom. The molecule has 5 bridgehead atoms. The van der Waals surface area contributed by atoms with Gasteiger partial charge in [0.05, 0.1) is 41.0 Å². The number of allylic oxidation sites excluding steroid dienone is 5. The first kappa shape index (κ1) is 53.9. The summed E-state index contributed by atoms with van der Waals surface area (Å²) < 4.78 is 18.6. The Kier molecular flexibility index (Phi) is 16.1. The summed E-state index contributed by atoms with van der Waals surface area (Å²) in [7, 11) is 0. The lowest BCUT2D eigenvalue weighted by Gasteiger charge is -2.40. The first-order chi connectivity index (χ1) is 34.6. The third kappa shape index (κ3) is 10.9. The van der Waals surface area contributed by atoms with Crippen LogP contribution in [0.3, 0.4) is 0 Å². The highest BCUT2D eigenvalue weighted by Gasteiger charge is 2.54. The van der Waals surface area contributed by atoms with Gasteiger partial charge in [-0.1, -0.05) is 79.0 Å². The number of esters is 1. The fourth-order valence-electron chi connectivity index (χ4n) is 12.0. The van der Waals surface area contributed by atoms with E-state index in [-0.39, 0.29) is 63.0 Å². The highest BCUT2D eigenvalue weighted by atomic mass is 16.7. The van der Waals surface area contributed by atoms with E-state index < -0.39 is 89.0 Å². The number of aliphatic hydroxyl groups excluding tert-OH is 2. The Morgan fingerprint density at radius 1 is 0.904 bits per heavy atom. The second kappa shape index (κ2) is 21.8. The Hall–Kier alpha value is -5.36. The van der Waals surface area contributed by atoms with E-state index in [9.17, 15) is 39.3 Å². The van der Waals surface area contributed by atoms with Crippen LogP contribution < -0.4 is 15.4 Å². The Morgan fingerprint density at radius 2 is 1.59 bits per heavy atom. The highest BCUT2D eigenvalue weighted by Crippen LogP contribution is 2.50. The molecule has 8 atom stereocenters. The van der Waals surface area contributed by atoms with Gasteiger partial charge >= 0.3 is 11.8 Å². The third-order valence-electron chi connectivity index (χ3n) is 16.6. The number of carbonyl (C=O) groups excluding carboxylic acids is 5. The summed E-state index contributed by atoms with van der Waals surface area (Å²) in [6.45, 7) is 21.0. The number of nitrogens with one attached hydrogen (secondary N) is 2. The van der Waals surface area contributed by atoms with Crippen LogP contribution in [0.2, 0.25) is 0 Å². The maximum atomic E-state index is 14.8. The topological polar surface area (TPSA) is 220 Å². The number of aromatic hydroxyl groups is 1. The van der Waals surface area contributed by atoms with Crippen LogP contribution in [0, 0.1) is 36.5 Å². The molecule has 17 nitrogen and oxygen atoms in total. The van der Waals surface area contributed by atoms with Gasteiger partial charge in [-0.15, -0.1) is 0 Å². The molecule has 5 N–H and O–H groups in total. The van der Waals surface area contributed by atoms with Crippen LogP contribution in [-0.2, 0) is 23.9 Å². The van der Waals surface area contributed by atoms with Gasteiger partial charge in [-0.2, -0.15) is 0 Å². The molecule has 9 rings (SSSR count). The summed E-state index contributed by atoms with van der Waals surface area (Å²) in [4.78, 5) is 82.8. The number of piperidine rings is 1. The molecule has 3 fully saturated rings. The monoisotopic (exact) mass is 1010 g/mol. The summed E-state index contributed by atoms with van der Waals surface area (Å²) >= 11 is 0. The van der Waals surface area contributed by atoms with Crippen LogP contribution in [0.4, 0.5) is 0 Å². The van der Waals surface area contributed by atoms with E-state index in [1.807, 2.05) is 6.92 Å². The smallest absolute Gasteiger partial charge is 0.315 e. The first-order valence-electron chi connectivity index (χ1n) is 26.7. The SMILES string of the molecule is C/C1=C/C=C/C(C)[C@H](O)[C@@H](C)C(O)[C@@H](C)[C@H](OC(=O)CC(=O)N2CCN(C3CCCCC3)CC2)[C@H](C)C/C=C/OC2(C)Oc3c(C)c(O)c4c(c3C2=O)C2=NC3(CCN(CC(C)C)CC3)NC2=C(NC1=O)C4=O. The van der Waals surface area contributed by atoms with Crippen molar-refractivity contribution in [3.63, 3.8) is 0 Å². The number of hydrogen-bond acceptors (Lipinski definition) is 15. The van der Waals surface area contributed by atoms with Crippen molar-refractivity contribution in [2.45, 2.75) is 156 Å². The number of ether oxygens (including phenoxy) is 3. The quantitative estimate of drug-likeness (QED) is 0.167. The van der Waals surface area contributed by atoms with Crippen molar-refractivity contribution in [2.75, 3.05) is 45.8 Å². The largest absolute Gasteiger partial charge is 0.507 e. The number of phenolic OH excluding ortho intramolecular Hbond substituents is 1. The molecule has 1 aromatic carbocycles. The van der Waals surface area contributed by atoms with E-state index in [2.05, 4.69) is 34.3 Å². The number of Topliss-reactive ketones (excluding diaryl/α,β-unsaturated/α-hetero) is 2. The molecule has 6 heterocycles. The van der Waals surface area contributed by atoms with E-state index >= 15 is 0 Å². The number of aliphatic imine (C=N–C) groups is 1. The maximum Gasteiger partial charge on any atom is 0.315 e. The van der Waals surface area contributed by atoms with Gasteiger partial charge in [-0.25, -0.2) is 0 Å². The van der Waals surface area contributed by atoms with E-state index in [0.29, 0.717) is 51.0 Å². The molecular weight excluding hydrogens is 933 g/mol. The number of piperazine rings is 1. The molecule has 6 aliphatic heterocycles. The van der Waals surface area contributed by atoms with Crippen LogP contribution in [-0.4, -0.2) is 147 Å². The molecule has 0 aromatic heterocycles. The van der Waals surface area contributed by atoms with E-state index in [1.54, 1.807) is 63.8 Å². The predicted molar refractivity (Wildman–Crippen MR) is 275 cm³/mol. The van der Waals surface area contributed by atoms with Gasteiger partial charge < -0.3 is 50.0 Å². The van der Waals surface area contributed by atoms with Crippen molar-refractivity contribution >= 4 is 35.1 Å². The predicted octanol–water partition coefficient (Wildman–Crippen LogP) is 5.84. The van der Waals surface area contributed by atoms with E-state index in [1.165, 1.54) is 45.3 Å². The molecule has 0 radical (unpaired) electrons. The molecule has 8 aliphatic rings. The zero-order chi connectivity index (χ0) is 52.7. The molecule has 3 unspecified atom stereocenters. The number of benzene rings is 1. The molecule has 17 heteroatoms. The minimum absolute atomic E-state index is 0.0252. The minimum Gasteiger partial charge on any atom is -0.507 e. The van der Waals surface area contributed by atoms with Crippen LogP contribution in [0.5, 0.6) is 11.5 Å². The third-order valence-corrected chi connectivity index (χ3v) is 16.6. The van der Waals surface area contributed by atoms with Gasteiger partial charge in [0, 0.05) is 106 Å². The number of rotatable bonds is 6. The number of likely N-dealkylation sites (tertiary alicyclic amines) is 1. The molecule has 1 saturated carbocycles. The lowest BCUT2D eigenvalue weighted by Crippen LogP contribution is -2.52. The maximum absolute atomic E-state index is 14.8. The number of fused-ring (bicyclic) bond motifs is 13. The fraction of sp³-hybridized carbons (Fsp3) is 0.643. The van der Waals surface area contributed by atoms with Gasteiger partial charge in [0.2, 0.25) is 11.7 Å². The second-order valence-electron chi connectivity index (χ2n) is 22.5. The average molecular weight is 1010 g/mol. The first-order valence-corrected chi connectivity index (χ1v) is 26.7. The Bertz CT molecular complexity index is 2490. The normalized spacial score (nSPS) is 32.2. The standard InChI is InChI=1S/C56H78N6O11/c1-31(2)30-60-22-20-56(21-23-60)58-44-41-42-49(67)37(8)52-43(41)53(69)55(9,73-52)71-28-14-17-33(4)51(72-40(64)29-39(63)62-26-24-61(25-27-62)38-18-11-10-12-19-38)36(7)48(66)35(6)47(65)32(3)15-13-16-34(5)54(70)57-46(50(42)68)45(44)59-56/h13-16,28,31-33,35-36,38,47-48,51,59,65-67H,10-12,17-27,29-30H2,1-9H3,(H,57,70)/b15-13+,28-14+,34-16-/t32?,33-,35-,36-,47+,48?,51-,55?/m1/s1. The molecular formula is C56H78N6O11. The average Bonchev–Trinajstić information content (AvgIpc) is 3.87.